The molecule has 0 bridgehead atoms. The molecule has 7 heteroatoms. The summed E-state index contributed by atoms with van der Waals surface area (Å²) in [5.41, 5.74) is 5.60. The van der Waals surface area contributed by atoms with Gasteiger partial charge in [0.25, 0.3) is 0 Å². The van der Waals surface area contributed by atoms with Crippen molar-refractivity contribution in [2.75, 3.05) is 19.1 Å². The summed E-state index contributed by atoms with van der Waals surface area (Å²) in [5.74, 6) is -1.13. The Kier molecular flexibility index (Phi) is 4.19. The summed E-state index contributed by atoms with van der Waals surface area (Å²) < 4.78 is 18.9. The number of hydrogen-bond donors (Lipinski definition) is 1. The zero-order valence-electron chi connectivity index (χ0n) is 10.9. The molecule has 1 aromatic heterocycles. The zero-order chi connectivity index (χ0) is 14.7. The number of hydrogen-bond acceptors (Lipinski definition) is 6. The van der Waals surface area contributed by atoms with Crippen molar-refractivity contribution >= 4 is 23.4 Å². The van der Waals surface area contributed by atoms with Crippen LogP contribution in [0.1, 0.15) is 15.9 Å². The number of nitrogens with zero attached hydrogens (tertiary/aromatic N) is 2. The predicted octanol–water partition coefficient (Wildman–Crippen LogP) is 2.16. The largest absolute Gasteiger partial charge is 0.496 e. The summed E-state index contributed by atoms with van der Waals surface area (Å²) in [6.45, 7) is 0. The number of rotatable bonds is 4. The number of methoxy groups -OCH3 is 1. The Bertz CT molecular complexity index is 664. The predicted molar refractivity (Wildman–Crippen MR) is 74.6 cm³/mol. The summed E-state index contributed by atoms with van der Waals surface area (Å²) >= 11 is 1.30. The number of nitrogen functional groups attached to an aromatic ring is 1. The molecule has 5 nitrogen and oxygen atoms in total. The molecule has 0 aliphatic carbocycles. The van der Waals surface area contributed by atoms with Crippen molar-refractivity contribution in [2.45, 2.75) is 5.16 Å². The zero-order valence-corrected chi connectivity index (χ0v) is 11.7. The van der Waals surface area contributed by atoms with Gasteiger partial charge in [-0.1, -0.05) is 17.8 Å². The number of benzene rings is 1. The summed E-state index contributed by atoms with van der Waals surface area (Å²) in [4.78, 5) is 20.3. The van der Waals surface area contributed by atoms with E-state index in [1.165, 1.54) is 43.3 Å². The molecule has 0 spiro atoms. The van der Waals surface area contributed by atoms with Crippen LogP contribution in [0.5, 0.6) is 5.75 Å². The van der Waals surface area contributed by atoms with Crippen LogP contribution in [0, 0.1) is 5.82 Å². The minimum absolute atomic E-state index is 0.0136. The molecule has 0 amide bonds. The maximum atomic E-state index is 13.9. The van der Waals surface area contributed by atoms with Crippen LogP contribution in [0.4, 0.5) is 10.2 Å². The number of carbonyl (C=O) groups is 1. The van der Waals surface area contributed by atoms with Crippen molar-refractivity contribution < 1.29 is 13.9 Å². The molecule has 0 radical (unpaired) electrons. The van der Waals surface area contributed by atoms with E-state index in [1.54, 1.807) is 6.26 Å². The molecule has 20 heavy (non-hydrogen) atoms. The second-order valence-electron chi connectivity index (χ2n) is 3.80. The Balaban J connectivity index is 2.52. The molecule has 0 fully saturated rings. The Morgan fingerprint density at radius 1 is 1.45 bits per heavy atom. The molecule has 2 N–H and O–H groups in total. The Morgan fingerprint density at radius 2 is 2.20 bits per heavy atom. The van der Waals surface area contributed by atoms with E-state index in [9.17, 15) is 9.18 Å². The lowest BCUT2D eigenvalue weighted by Crippen LogP contribution is -2.11. The first-order valence-electron chi connectivity index (χ1n) is 5.62. The van der Waals surface area contributed by atoms with E-state index in [1.807, 2.05) is 0 Å². The SMILES string of the molecule is COc1cccc(F)c1C(=O)c1cnc(SC)nc1N. The average molecular weight is 293 g/mol. The highest BCUT2D eigenvalue weighted by Gasteiger charge is 2.22. The Hall–Kier alpha value is -2.15. The third-order valence-corrected chi connectivity index (χ3v) is 3.21. The quantitative estimate of drug-likeness (QED) is 0.529. The van der Waals surface area contributed by atoms with Gasteiger partial charge >= 0.3 is 0 Å². The smallest absolute Gasteiger partial charge is 0.204 e. The van der Waals surface area contributed by atoms with Crippen LogP contribution in [0.2, 0.25) is 0 Å². The number of nitrogens with two attached hydrogens (primary N) is 1. The van der Waals surface area contributed by atoms with Gasteiger partial charge in [0.05, 0.1) is 12.7 Å². The molecule has 1 aromatic carbocycles. The second kappa shape index (κ2) is 5.87. The number of ketones is 1. The van der Waals surface area contributed by atoms with Crippen LogP contribution in [0.15, 0.2) is 29.6 Å². The molecule has 0 aliphatic rings. The normalized spacial score (nSPS) is 10.3. The summed E-state index contributed by atoms with van der Waals surface area (Å²) in [6.07, 6.45) is 3.08. The van der Waals surface area contributed by atoms with Crippen LogP contribution in [0.25, 0.3) is 0 Å². The van der Waals surface area contributed by atoms with Crippen LogP contribution >= 0.6 is 11.8 Å². The van der Waals surface area contributed by atoms with Crippen LogP contribution in [0.3, 0.4) is 0 Å². The van der Waals surface area contributed by atoms with Crippen LogP contribution in [-0.2, 0) is 0 Å². The summed E-state index contributed by atoms with van der Waals surface area (Å²) in [5, 5.41) is 0.444. The number of halogens is 1. The fourth-order valence-electron chi connectivity index (χ4n) is 1.68. The summed E-state index contributed by atoms with van der Waals surface area (Å²) in [6, 6.07) is 4.15. The molecule has 0 atom stereocenters. The number of anilines is 1. The van der Waals surface area contributed by atoms with E-state index in [0.717, 1.165) is 0 Å². The van der Waals surface area contributed by atoms with E-state index in [0.29, 0.717) is 5.16 Å². The van der Waals surface area contributed by atoms with Gasteiger partial charge in [-0.3, -0.25) is 4.79 Å². The molecule has 0 saturated heterocycles. The third kappa shape index (κ3) is 2.57. The topological polar surface area (TPSA) is 78.1 Å². The fourth-order valence-corrected chi connectivity index (χ4v) is 2.03. The average Bonchev–Trinajstić information content (AvgIpc) is 2.46. The van der Waals surface area contributed by atoms with Gasteiger partial charge in [0.1, 0.15) is 22.9 Å². The second-order valence-corrected chi connectivity index (χ2v) is 4.58. The minimum Gasteiger partial charge on any atom is -0.496 e. The van der Waals surface area contributed by atoms with Gasteiger partial charge in [0, 0.05) is 6.20 Å². The minimum atomic E-state index is -0.678. The van der Waals surface area contributed by atoms with E-state index in [4.69, 9.17) is 10.5 Å². The van der Waals surface area contributed by atoms with Crippen molar-refractivity contribution in [3.05, 3.63) is 41.3 Å². The van der Waals surface area contributed by atoms with Gasteiger partial charge in [-0.25, -0.2) is 14.4 Å². The monoisotopic (exact) mass is 293 g/mol. The van der Waals surface area contributed by atoms with E-state index in [2.05, 4.69) is 9.97 Å². The maximum absolute atomic E-state index is 13.9. The molecule has 0 aliphatic heterocycles. The van der Waals surface area contributed by atoms with Gasteiger partial charge < -0.3 is 10.5 Å². The third-order valence-electron chi connectivity index (χ3n) is 2.65. The number of ether oxygens (including phenoxy) is 1. The van der Waals surface area contributed by atoms with E-state index in [-0.39, 0.29) is 22.7 Å². The van der Waals surface area contributed by atoms with Crippen LogP contribution < -0.4 is 10.5 Å². The van der Waals surface area contributed by atoms with E-state index >= 15 is 0 Å². The van der Waals surface area contributed by atoms with Crippen molar-refractivity contribution in [3.63, 3.8) is 0 Å². The molecule has 1 heterocycles. The first-order valence-corrected chi connectivity index (χ1v) is 6.84. The number of aromatic nitrogens is 2. The maximum Gasteiger partial charge on any atom is 0.204 e. The van der Waals surface area contributed by atoms with Crippen molar-refractivity contribution in [1.82, 2.24) is 9.97 Å². The summed E-state index contributed by atoms with van der Waals surface area (Å²) in [7, 11) is 1.36. The van der Waals surface area contributed by atoms with Crippen LogP contribution in [-0.4, -0.2) is 29.1 Å². The highest BCUT2D eigenvalue weighted by molar-refractivity contribution is 7.98. The highest BCUT2D eigenvalue weighted by atomic mass is 32.2. The molecule has 0 saturated carbocycles. The number of carbonyl (C=O) groups excluding carboxylic acids is 1. The highest BCUT2D eigenvalue weighted by Crippen LogP contribution is 2.26. The lowest BCUT2D eigenvalue weighted by Gasteiger charge is -2.09. The van der Waals surface area contributed by atoms with Crippen molar-refractivity contribution in [2.24, 2.45) is 0 Å². The van der Waals surface area contributed by atoms with Crippen molar-refractivity contribution in [3.8, 4) is 5.75 Å². The standard InChI is InChI=1S/C13H12FN3O2S/c1-19-9-5-3-4-8(14)10(9)11(18)7-6-16-13(20-2)17-12(7)15/h3-6H,1-2H3,(H2,15,16,17). The van der Waals surface area contributed by atoms with Gasteiger partial charge in [0.2, 0.25) is 5.78 Å². The number of thioether (sulfide) groups is 1. The van der Waals surface area contributed by atoms with Gasteiger partial charge in [-0.2, -0.15) is 0 Å². The van der Waals surface area contributed by atoms with Gasteiger partial charge in [0.15, 0.2) is 5.16 Å². The molecular weight excluding hydrogens is 281 g/mol. The van der Waals surface area contributed by atoms with E-state index < -0.39 is 11.6 Å². The molecule has 0 unspecified atom stereocenters. The lowest BCUT2D eigenvalue weighted by atomic mass is 10.0. The first kappa shape index (κ1) is 14.3. The first-order chi connectivity index (χ1) is 9.58. The lowest BCUT2D eigenvalue weighted by molar-refractivity contribution is 0.103. The molecular formula is C13H12FN3O2S. The Morgan fingerprint density at radius 3 is 2.80 bits per heavy atom. The Labute approximate surface area is 119 Å². The van der Waals surface area contributed by atoms with Crippen molar-refractivity contribution in [1.29, 1.82) is 0 Å². The van der Waals surface area contributed by atoms with Gasteiger partial charge in [-0.15, -0.1) is 0 Å². The molecule has 2 rings (SSSR count). The molecule has 104 valence electrons. The van der Waals surface area contributed by atoms with Gasteiger partial charge in [-0.05, 0) is 18.4 Å². The fraction of sp³-hybridized carbons (Fsp3) is 0.154. The molecule has 2 aromatic rings.